The van der Waals surface area contributed by atoms with Crippen LogP contribution in [0.25, 0.3) is 0 Å². The zero-order valence-electron chi connectivity index (χ0n) is 29.9. The highest BCUT2D eigenvalue weighted by Gasteiger charge is 2.36. The number of rotatable bonds is 34. The van der Waals surface area contributed by atoms with Gasteiger partial charge in [0.2, 0.25) is 0 Å². The third-order valence-electron chi connectivity index (χ3n) is 9.43. The lowest BCUT2D eigenvalue weighted by Crippen LogP contribution is -2.32. The number of carbonyl (C=O) groups is 1. The molecular weight excluding hydrogens is 536 g/mol. The molecular formula is C42H76O2. The lowest BCUT2D eigenvalue weighted by molar-refractivity contribution is -0.157. The highest BCUT2D eigenvalue weighted by atomic mass is 16.6. The normalized spacial score (nSPS) is 16.0. The Labute approximate surface area is 276 Å². The van der Waals surface area contributed by atoms with E-state index in [9.17, 15) is 4.79 Å². The van der Waals surface area contributed by atoms with Crippen LogP contribution in [0.5, 0.6) is 0 Å². The van der Waals surface area contributed by atoms with Crippen LogP contribution in [-0.4, -0.2) is 5.97 Å². The van der Waals surface area contributed by atoms with Crippen molar-refractivity contribution < 1.29 is 9.53 Å². The van der Waals surface area contributed by atoms with Gasteiger partial charge in [-0.2, -0.15) is 0 Å². The second-order valence-electron chi connectivity index (χ2n) is 13.7. The SMILES string of the molecule is CCCCCCCCCCCCCCC/C=C/CC/C=C1/OC(=O)C1CC/C=C/CCCCCCCCCCCCCCC. The van der Waals surface area contributed by atoms with Crippen LogP contribution in [0, 0.1) is 5.92 Å². The second kappa shape index (κ2) is 33.1. The number of hydrogen-bond donors (Lipinski definition) is 0. The molecule has 1 heterocycles. The first kappa shape index (κ1) is 40.7. The van der Waals surface area contributed by atoms with Crippen molar-refractivity contribution in [3.8, 4) is 0 Å². The third-order valence-corrected chi connectivity index (χ3v) is 9.43. The van der Waals surface area contributed by atoms with Crippen molar-refractivity contribution in [2.24, 2.45) is 5.92 Å². The Hall–Kier alpha value is -1.31. The van der Waals surface area contributed by atoms with E-state index in [4.69, 9.17) is 4.74 Å². The highest BCUT2D eigenvalue weighted by Crippen LogP contribution is 2.31. The maximum atomic E-state index is 11.9. The van der Waals surface area contributed by atoms with Crippen molar-refractivity contribution in [2.45, 2.75) is 219 Å². The standard InChI is InChI=1S/C42H76O2/c1-3-5-7-9-11-13-15-17-19-21-23-25-27-29-31-33-35-37-39-41-40(42(43)44-41)38-36-34-32-30-28-26-24-22-20-18-16-14-12-10-8-6-4-2/h31-34,39-40H,3-30,35-38H2,1-2H3/b33-31+,34-32+,41-39+. The minimum atomic E-state index is -0.0286. The Morgan fingerprint density at radius 1 is 0.432 bits per heavy atom. The summed E-state index contributed by atoms with van der Waals surface area (Å²) in [4.78, 5) is 11.9. The van der Waals surface area contributed by atoms with E-state index in [1.807, 2.05) is 0 Å². The number of allylic oxidation sites excluding steroid dienone is 5. The van der Waals surface area contributed by atoms with Gasteiger partial charge in [0.15, 0.2) is 0 Å². The van der Waals surface area contributed by atoms with Crippen LogP contribution in [0.1, 0.15) is 219 Å². The van der Waals surface area contributed by atoms with Crippen molar-refractivity contribution in [1.29, 1.82) is 0 Å². The average molecular weight is 613 g/mol. The van der Waals surface area contributed by atoms with Gasteiger partial charge in [0.1, 0.15) is 11.7 Å². The molecule has 1 atom stereocenters. The summed E-state index contributed by atoms with van der Waals surface area (Å²) in [5, 5.41) is 0. The van der Waals surface area contributed by atoms with E-state index in [-0.39, 0.29) is 11.9 Å². The van der Waals surface area contributed by atoms with Crippen LogP contribution >= 0.6 is 0 Å². The van der Waals surface area contributed by atoms with Crippen LogP contribution in [-0.2, 0) is 9.53 Å². The fraction of sp³-hybridized carbons (Fsp3) is 0.833. The summed E-state index contributed by atoms with van der Waals surface area (Å²) < 4.78 is 5.34. The van der Waals surface area contributed by atoms with Crippen molar-refractivity contribution in [2.75, 3.05) is 0 Å². The predicted octanol–water partition coefficient (Wildman–Crippen LogP) is 14.7. The topological polar surface area (TPSA) is 26.3 Å². The van der Waals surface area contributed by atoms with Gasteiger partial charge in [0, 0.05) is 0 Å². The lowest BCUT2D eigenvalue weighted by atomic mass is 9.95. The van der Waals surface area contributed by atoms with Gasteiger partial charge in [-0.3, -0.25) is 4.79 Å². The van der Waals surface area contributed by atoms with Gasteiger partial charge in [0.05, 0.1) is 0 Å². The van der Waals surface area contributed by atoms with Gasteiger partial charge in [-0.05, 0) is 57.4 Å². The number of carbonyl (C=O) groups excluding carboxylic acids is 1. The molecule has 1 fully saturated rings. The molecule has 0 saturated carbocycles. The molecule has 1 aliphatic heterocycles. The van der Waals surface area contributed by atoms with Crippen molar-refractivity contribution in [3.05, 3.63) is 36.1 Å². The van der Waals surface area contributed by atoms with E-state index in [0.717, 1.165) is 31.4 Å². The summed E-state index contributed by atoms with van der Waals surface area (Å²) in [5.41, 5.74) is 0. The fourth-order valence-corrected chi connectivity index (χ4v) is 6.38. The van der Waals surface area contributed by atoms with Gasteiger partial charge in [0.25, 0.3) is 0 Å². The van der Waals surface area contributed by atoms with Crippen molar-refractivity contribution in [3.63, 3.8) is 0 Å². The van der Waals surface area contributed by atoms with E-state index in [0.29, 0.717) is 0 Å². The molecule has 1 rings (SSSR count). The Morgan fingerprint density at radius 3 is 1.16 bits per heavy atom. The molecule has 256 valence electrons. The molecule has 0 N–H and O–H groups in total. The van der Waals surface area contributed by atoms with Crippen molar-refractivity contribution in [1.82, 2.24) is 0 Å². The van der Waals surface area contributed by atoms with Crippen molar-refractivity contribution >= 4 is 5.97 Å². The quantitative estimate of drug-likeness (QED) is 0.0410. The highest BCUT2D eigenvalue weighted by molar-refractivity contribution is 5.82. The van der Waals surface area contributed by atoms with Gasteiger partial charge >= 0.3 is 5.97 Å². The first-order valence-corrected chi connectivity index (χ1v) is 20.0. The lowest BCUT2D eigenvalue weighted by Gasteiger charge is -2.27. The number of hydrogen-bond acceptors (Lipinski definition) is 2. The van der Waals surface area contributed by atoms with Gasteiger partial charge in [-0.1, -0.05) is 192 Å². The van der Waals surface area contributed by atoms with Crippen LogP contribution in [0.2, 0.25) is 0 Å². The van der Waals surface area contributed by atoms with Crippen LogP contribution in [0.4, 0.5) is 0 Å². The average Bonchev–Trinajstić information content (AvgIpc) is 3.03. The molecule has 0 bridgehead atoms. The molecule has 0 radical (unpaired) electrons. The zero-order chi connectivity index (χ0) is 31.6. The van der Waals surface area contributed by atoms with E-state index in [1.165, 1.54) is 180 Å². The molecule has 2 heteroatoms. The Bertz CT molecular complexity index is 703. The van der Waals surface area contributed by atoms with Gasteiger partial charge < -0.3 is 4.74 Å². The molecule has 2 nitrogen and oxygen atoms in total. The number of cyclic esters (lactones) is 1. The summed E-state index contributed by atoms with van der Waals surface area (Å²) in [5.74, 6) is 0.898. The minimum Gasteiger partial charge on any atom is -0.430 e. The third kappa shape index (κ3) is 26.0. The molecule has 0 aliphatic carbocycles. The summed E-state index contributed by atoms with van der Waals surface area (Å²) in [6.07, 6.45) is 54.4. The maximum absolute atomic E-state index is 11.9. The number of esters is 1. The van der Waals surface area contributed by atoms with E-state index in [1.54, 1.807) is 0 Å². The minimum absolute atomic E-state index is 0.00534. The fourth-order valence-electron chi connectivity index (χ4n) is 6.38. The van der Waals surface area contributed by atoms with Crippen LogP contribution in [0.3, 0.4) is 0 Å². The van der Waals surface area contributed by atoms with E-state index in [2.05, 4.69) is 44.2 Å². The smallest absolute Gasteiger partial charge is 0.321 e. The summed E-state index contributed by atoms with van der Waals surface area (Å²) in [7, 11) is 0. The summed E-state index contributed by atoms with van der Waals surface area (Å²) in [6, 6.07) is 0. The first-order chi connectivity index (χ1) is 21.8. The van der Waals surface area contributed by atoms with Gasteiger partial charge in [-0.25, -0.2) is 0 Å². The second-order valence-corrected chi connectivity index (χ2v) is 13.7. The summed E-state index contributed by atoms with van der Waals surface area (Å²) >= 11 is 0. The van der Waals surface area contributed by atoms with Crippen LogP contribution in [0.15, 0.2) is 36.1 Å². The zero-order valence-corrected chi connectivity index (χ0v) is 29.9. The van der Waals surface area contributed by atoms with Gasteiger partial charge in [-0.15, -0.1) is 0 Å². The Kier molecular flexibility index (Phi) is 30.6. The molecule has 0 aromatic rings. The monoisotopic (exact) mass is 613 g/mol. The van der Waals surface area contributed by atoms with E-state index >= 15 is 0 Å². The number of ether oxygens (including phenoxy) is 1. The predicted molar refractivity (Wildman–Crippen MR) is 195 cm³/mol. The molecule has 0 aromatic carbocycles. The Morgan fingerprint density at radius 2 is 0.773 bits per heavy atom. The molecule has 0 aromatic heterocycles. The molecule has 0 amide bonds. The molecule has 1 aliphatic rings. The molecule has 0 spiro atoms. The molecule has 1 saturated heterocycles. The molecule has 1 unspecified atom stereocenters. The number of unbranched alkanes of at least 4 members (excludes halogenated alkanes) is 27. The van der Waals surface area contributed by atoms with Crippen LogP contribution < -0.4 is 0 Å². The molecule has 44 heavy (non-hydrogen) atoms. The summed E-state index contributed by atoms with van der Waals surface area (Å²) in [6.45, 7) is 4.58. The van der Waals surface area contributed by atoms with E-state index < -0.39 is 0 Å². The first-order valence-electron chi connectivity index (χ1n) is 20.0. The maximum Gasteiger partial charge on any atom is 0.321 e. The Balaban J connectivity index is 1.88. The largest absolute Gasteiger partial charge is 0.430 e.